The first-order valence-electron chi connectivity index (χ1n) is 8.48. The quantitative estimate of drug-likeness (QED) is 0.900. The van der Waals surface area contributed by atoms with Crippen LogP contribution >= 0.6 is 12.4 Å². The van der Waals surface area contributed by atoms with Crippen LogP contribution in [0.1, 0.15) is 43.2 Å². The van der Waals surface area contributed by atoms with Gasteiger partial charge in [0.15, 0.2) is 0 Å². The number of nitrogens with one attached hydrogen (secondary N) is 1. The topological polar surface area (TPSA) is 35.6 Å². The molecular formula is C18H27ClFN3O. The number of urea groups is 1. The summed E-state index contributed by atoms with van der Waals surface area (Å²) < 4.78 is 13.3. The lowest BCUT2D eigenvalue weighted by atomic mass is 9.80. The zero-order valence-electron chi connectivity index (χ0n) is 14.5. The maximum atomic E-state index is 13.3. The molecule has 0 aromatic heterocycles. The van der Waals surface area contributed by atoms with Gasteiger partial charge in [0.05, 0.1) is 0 Å². The molecule has 1 fully saturated rings. The predicted molar refractivity (Wildman–Crippen MR) is 95.8 cm³/mol. The second-order valence-corrected chi connectivity index (χ2v) is 7.11. The fourth-order valence-electron chi connectivity index (χ4n) is 3.85. The van der Waals surface area contributed by atoms with Crippen LogP contribution in [0.5, 0.6) is 0 Å². The van der Waals surface area contributed by atoms with E-state index in [4.69, 9.17) is 0 Å². The third-order valence-electron chi connectivity index (χ3n) is 5.48. The highest BCUT2D eigenvalue weighted by atomic mass is 35.5. The van der Waals surface area contributed by atoms with Crippen LogP contribution in [0.3, 0.4) is 0 Å². The van der Waals surface area contributed by atoms with Gasteiger partial charge in [0.2, 0.25) is 0 Å². The number of likely N-dealkylation sites (N-methyl/N-ethyl adjacent to an activating group) is 1. The lowest BCUT2D eigenvalue weighted by Crippen LogP contribution is -2.55. The number of halogens is 2. The third kappa shape index (κ3) is 3.83. The molecule has 1 aromatic carbocycles. The molecule has 1 N–H and O–H groups in total. The highest BCUT2D eigenvalue weighted by molar-refractivity contribution is 5.85. The van der Waals surface area contributed by atoms with Crippen LogP contribution in [-0.4, -0.2) is 42.0 Å². The van der Waals surface area contributed by atoms with Gasteiger partial charge in [-0.3, -0.25) is 0 Å². The molecule has 134 valence electrons. The molecule has 1 heterocycles. The van der Waals surface area contributed by atoms with Crippen molar-refractivity contribution in [1.29, 1.82) is 0 Å². The van der Waals surface area contributed by atoms with Crippen molar-refractivity contribution in [1.82, 2.24) is 15.1 Å². The molecular weight excluding hydrogens is 329 g/mol. The number of rotatable bonds is 3. The fourth-order valence-corrected chi connectivity index (χ4v) is 3.85. The minimum absolute atomic E-state index is 0. The molecule has 0 atom stereocenters. The van der Waals surface area contributed by atoms with Gasteiger partial charge in [-0.1, -0.05) is 25.3 Å². The summed E-state index contributed by atoms with van der Waals surface area (Å²) in [5, 5.41) is 3.12. The van der Waals surface area contributed by atoms with Crippen molar-refractivity contribution in [2.75, 3.05) is 20.6 Å². The van der Waals surface area contributed by atoms with Crippen LogP contribution in [0.2, 0.25) is 0 Å². The minimum atomic E-state index is -0.236. The molecule has 1 aromatic rings. The standard InChI is InChI=1S/C18H26FN3O.ClH/c1-21(2)18(8-4-3-5-9-18)13-20-17(23)22-11-14-6-7-16(19)10-15(14)12-22;/h6-7,10H,3-5,8-9,11-13H2,1-2H3,(H,20,23);1H. The summed E-state index contributed by atoms with van der Waals surface area (Å²) in [6, 6.07) is 4.72. The van der Waals surface area contributed by atoms with Gasteiger partial charge in [0.25, 0.3) is 0 Å². The summed E-state index contributed by atoms with van der Waals surface area (Å²) in [4.78, 5) is 16.5. The van der Waals surface area contributed by atoms with Gasteiger partial charge >= 0.3 is 6.03 Å². The summed E-state index contributed by atoms with van der Waals surface area (Å²) in [7, 11) is 4.21. The number of hydrogen-bond acceptors (Lipinski definition) is 2. The van der Waals surface area contributed by atoms with E-state index in [0.29, 0.717) is 19.6 Å². The average Bonchev–Trinajstić information content (AvgIpc) is 2.96. The van der Waals surface area contributed by atoms with Crippen LogP contribution in [-0.2, 0) is 13.1 Å². The van der Waals surface area contributed by atoms with Gasteiger partial charge in [0.1, 0.15) is 5.82 Å². The summed E-state index contributed by atoms with van der Waals surface area (Å²) in [6.45, 7) is 1.74. The van der Waals surface area contributed by atoms with Crippen LogP contribution in [0, 0.1) is 5.82 Å². The van der Waals surface area contributed by atoms with E-state index in [1.54, 1.807) is 11.0 Å². The van der Waals surface area contributed by atoms with Crippen molar-refractivity contribution >= 4 is 18.4 Å². The van der Waals surface area contributed by atoms with Crippen molar-refractivity contribution in [2.45, 2.75) is 50.7 Å². The van der Waals surface area contributed by atoms with E-state index in [0.717, 1.165) is 24.0 Å². The zero-order valence-corrected chi connectivity index (χ0v) is 15.3. The van der Waals surface area contributed by atoms with E-state index < -0.39 is 0 Å². The molecule has 0 radical (unpaired) electrons. The van der Waals surface area contributed by atoms with Gasteiger partial charge in [0, 0.05) is 25.2 Å². The molecule has 2 aliphatic rings. The van der Waals surface area contributed by atoms with Gasteiger partial charge in [-0.15, -0.1) is 12.4 Å². The third-order valence-corrected chi connectivity index (χ3v) is 5.48. The molecule has 0 unspecified atom stereocenters. The van der Waals surface area contributed by atoms with Crippen LogP contribution in [0.25, 0.3) is 0 Å². The smallest absolute Gasteiger partial charge is 0.318 e. The number of fused-ring (bicyclic) bond motifs is 1. The van der Waals surface area contributed by atoms with Gasteiger partial charge in [-0.05, 0) is 50.2 Å². The Morgan fingerprint density at radius 3 is 2.54 bits per heavy atom. The number of carbonyl (C=O) groups is 1. The van der Waals surface area contributed by atoms with E-state index in [1.165, 1.54) is 31.4 Å². The molecule has 0 spiro atoms. The van der Waals surface area contributed by atoms with E-state index >= 15 is 0 Å². The van der Waals surface area contributed by atoms with Crippen LogP contribution < -0.4 is 5.32 Å². The number of nitrogens with zero attached hydrogens (tertiary/aromatic N) is 2. The minimum Gasteiger partial charge on any atom is -0.336 e. The molecule has 1 saturated carbocycles. The molecule has 4 nitrogen and oxygen atoms in total. The highest BCUT2D eigenvalue weighted by Gasteiger charge is 2.35. The first-order chi connectivity index (χ1) is 11.0. The Bertz CT molecular complexity index is 588. The molecule has 0 saturated heterocycles. The van der Waals surface area contributed by atoms with E-state index in [2.05, 4.69) is 24.3 Å². The monoisotopic (exact) mass is 355 g/mol. The number of hydrogen-bond donors (Lipinski definition) is 1. The largest absolute Gasteiger partial charge is 0.336 e. The number of benzene rings is 1. The van der Waals surface area contributed by atoms with Crippen LogP contribution in [0.4, 0.5) is 9.18 Å². The van der Waals surface area contributed by atoms with Gasteiger partial charge in [-0.2, -0.15) is 0 Å². The molecule has 1 aliphatic heterocycles. The maximum Gasteiger partial charge on any atom is 0.318 e. The number of carbonyl (C=O) groups excluding carboxylic acids is 1. The second kappa shape index (κ2) is 7.70. The maximum absolute atomic E-state index is 13.3. The van der Waals surface area contributed by atoms with E-state index in [1.807, 2.05) is 0 Å². The molecule has 1 aliphatic carbocycles. The number of amides is 2. The van der Waals surface area contributed by atoms with Gasteiger partial charge < -0.3 is 15.1 Å². The Balaban J connectivity index is 0.00000208. The SMILES string of the molecule is CN(C)C1(CNC(=O)N2Cc3ccc(F)cc3C2)CCCCC1.Cl. The van der Waals surface area contributed by atoms with Crippen molar-refractivity contribution in [3.63, 3.8) is 0 Å². The first-order valence-corrected chi connectivity index (χ1v) is 8.48. The molecule has 2 amide bonds. The summed E-state index contributed by atoms with van der Waals surface area (Å²) in [5.41, 5.74) is 2.04. The van der Waals surface area contributed by atoms with Gasteiger partial charge in [-0.25, -0.2) is 9.18 Å². The molecule has 3 rings (SSSR count). The van der Waals surface area contributed by atoms with Crippen molar-refractivity contribution < 1.29 is 9.18 Å². The van der Waals surface area contributed by atoms with Crippen molar-refractivity contribution in [3.8, 4) is 0 Å². The Labute approximate surface area is 149 Å². The highest BCUT2D eigenvalue weighted by Crippen LogP contribution is 2.32. The predicted octanol–water partition coefficient (Wildman–Crippen LogP) is 3.54. The normalized spacial score (nSPS) is 18.9. The average molecular weight is 356 g/mol. The lowest BCUT2D eigenvalue weighted by Gasteiger charge is -2.43. The molecule has 6 heteroatoms. The Hall–Kier alpha value is -1.33. The Kier molecular flexibility index (Phi) is 6.10. The van der Waals surface area contributed by atoms with Crippen LogP contribution in [0.15, 0.2) is 18.2 Å². The summed E-state index contributed by atoms with van der Waals surface area (Å²) in [5.74, 6) is -0.236. The molecule has 24 heavy (non-hydrogen) atoms. The fraction of sp³-hybridized carbons (Fsp3) is 0.611. The Morgan fingerprint density at radius 1 is 1.21 bits per heavy atom. The van der Waals surface area contributed by atoms with E-state index in [9.17, 15) is 9.18 Å². The van der Waals surface area contributed by atoms with Crippen molar-refractivity contribution in [3.05, 3.63) is 35.1 Å². The molecule has 0 bridgehead atoms. The lowest BCUT2D eigenvalue weighted by molar-refractivity contribution is 0.0977. The second-order valence-electron chi connectivity index (χ2n) is 7.11. The zero-order chi connectivity index (χ0) is 16.4. The summed E-state index contributed by atoms with van der Waals surface area (Å²) in [6.07, 6.45) is 6.00. The summed E-state index contributed by atoms with van der Waals surface area (Å²) >= 11 is 0. The van der Waals surface area contributed by atoms with E-state index in [-0.39, 0.29) is 29.8 Å². The Morgan fingerprint density at radius 2 is 1.88 bits per heavy atom. The first kappa shape index (κ1) is 19.0. The van der Waals surface area contributed by atoms with Crippen molar-refractivity contribution in [2.24, 2.45) is 0 Å².